The van der Waals surface area contributed by atoms with E-state index in [2.05, 4.69) is 0 Å². The highest BCUT2D eigenvalue weighted by molar-refractivity contribution is 5.68. The van der Waals surface area contributed by atoms with E-state index in [9.17, 15) is 9.90 Å². The summed E-state index contributed by atoms with van der Waals surface area (Å²) in [4.78, 5) is 13.7. The number of likely N-dealkylation sites (tertiary alicyclic amines) is 1. The maximum atomic E-state index is 12.0. The van der Waals surface area contributed by atoms with Crippen molar-refractivity contribution in [2.75, 3.05) is 33.9 Å². The molecular formula is C20H29NO5. The minimum atomic E-state index is -0.569. The zero-order valence-electron chi connectivity index (χ0n) is 16.0. The largest absolute Gasteiger partial charge is 0.493 e. The lowest BCUT2D eigenvalue weighted by atomic mass is 9.72. The number of ether oxygens (including phenoxy) is 3. The smallest absolute Gasteiger partial charge is 0.409 e. The molecule has 1 aromatic carbocycles. The molecule has 3 rings (SSSR count). The molecule has 0 aromatic heterocycles. The van der Waals surface area contributed by atoms with Gasteiger partial charge < -0.3 is 24.2 Å². The molecule has 3 atom stereocenters. The van der Waals surface area contributed by atoms with Crippen LogP contribution >= 0.6 is 0 Å². The fraction of sp³-hybridized carbons (Fsp3) is 0.650. The number of hydrogen-bond acceptors (Lipinski definition) is 5. The molecule has 0 radical (unpaired) electrons. The second-order valence-electron chi connectivity index (χ2n) is 7.75. The number of hydrogen-bond donors (Lipinski definition) is 1. The highest BCUT2D eigenvalue weighted by Crippen LogP contribution is 2.47. The highest BCUT2D eigenvalue weighted by atomic mass is 16.5. The Morgan fingerprint density at radius 2 is 2.08 bits per heavy atom. The normalized spacial score (nSPS) is 26.5. The summed E-state index contributed by atoms with van der Waals surface area (Å²) in [7, 11) is 3.01. The standard InChI is InChI=1S/C20H29NO5/c1-13(22)20(2)12-21(19(23)25-4)10-16(20)15-7-8-17(24-3)18(9-15)26-11-14-5-6-14/h7-9,13-14,16,22H,5-6,10-12H2,1-4H3/t13-,16-,20-/m0/s1. The predicted molar refractivity (Wildman–Crippen MR) is 97.7 cm³/mol. The first-order valence-electron chi connectivity index (χ1n) is 9.20. The molecule has 144 valence electrons. The number of amides is 1. The van der Waals surface area contributed by atoms with Crippen LogP contribution in [0.1, 0.15) is 38.2 Å². The van der Waals surface area contributed by atoms with Crippen LogP contribution in [-0.2, 0) is 4.74 Å². The molecule has 2 aliphatic rings. The molecule has 26 heavy (non-hydrogen) atoms. The van der Waals surface area contributed by atoms with E-state index in [4.69, 9.17) is 14.2 Å². The Labute approximate surface area is 155 Å². The van der Waals surface area contributed by atoms with Crippen molar-refractivity contribution >= 4 is 6.09 Å². The number of rotatable bonds is 6. The number of aliphatic hydroxyl groups is 1. The Hall–Kier alpha value is -1.95. The number of nitrogens with zero attached hydrogens (tertiary/aromatic N) is 1. The van der Waals surface area contributed by atoms with E-state index < -0.39 is 11.5 Å². The maximum Gasteiger partial charge on any atom is 0.409 e. The maximum absolute atomic E-state index is 12.0. The third-order valence-electron chi connectivity index (χ3n) is 5.88. The first kappa shape index (κ1) is 18.8. The van der Waals surface area contributed by atoms with Crippen LogP contribution in [0.3, 0.4) is 0 Å². The summed E-state index contributed by atoms with van der Waals surface area (Å²) in [6.07, 6.45) is 1.51. The van der Waals surface area contributed by atoms with Gasteiger partial charge in [-0.3, -0.25) is 0 Å². The van der Waals surface area contributed by atoms with Crippen LogP contribution in [0.5, 0.6) is 11.5 Å². The lowest BCUT2D eigenvalue weighted by Gasteiger charge is -2.33. The SMILES string of the molecule is COC(=O)N1C[C@@H](c2ccc(OC)c(OCC3CC3)c2)[C@](C)([C@H](C)O)C1. The molecule has 1 aliphatic heterocycles. The van der Waals surface area contributed by atoms with Crippen LogP contribution in [0, 0.1) is 11.3 Å². The second-order valence-corrected chi connectivity index (χ2v) is 7.75. The van der Waals surface area contributed by atoms with Gasteiger partial charge in [0.1, 0.15) is 0 Å². The summed E-state index contributed by atoms with van der Waals surface area (Å²) in [5.74, 6) is 2.06. The quantitative estimate of drug-likeness (QED) is 0.841. The summed E-state index contributed by atoms with van der Waals surface area (Å²) in [5.41, 5.74) is 0.572. The van der Waals surface area contributed by atoms with E-state index in [1.54, 1.807) is 18.9 Å². The topological polar surface area (TPSA) is 68.2 Å². The van der Waals surface area contributed by atoms with E-state index in [0.717, 1.165) is 11.3 Å². The lowest BCUT2D eigenvalue weighted by Crippen LogP contribution is -2.38. The molecule has 1 heterocycles. The Bertz CT molecular complexity index is 658. The molecule has 2 fully saturated rings. The van der Waals surface area contributed by atoms with Crippen LogP contribution in [0.25, 0.3) is 0 Å². The molecule has 0 bridgehead atoms. The number of benzene rings is 1. The minimum Gasteiger partial charge on any atom is -0.493 e. The van der Waals surface area contributed by atoms with Crippen LogP contribution in [0.4, 0.5) is 4.79 Å². The third-order valence-corrected chi connectivity index (χ3v) is 5.88. The molecule has 0 unspecified atom stereocenters. The van der Waals surface area contributed by atoms with Gasteiger partial charge in [0.15, 0.2) is 11.5 Å². The van der Waals surface area contributed by atoms with Crippen LogP contribution < -0.4 is 9.47 Å². The van der Waals surface area contributed by atoms with Crippen molar-refractivity contribution in [3.05, 3.63) is 23.8 Å². The zero-order chi connectivity index (χ0) is 18.9. The van der Waals surface area contributed by atoms with Crippen molar-refractivity contribution in [1.82, 2.24) is 4.90 Å². The van der Waals surface area contributed by atoms with Gasteiger partial charge in [0.2, 0.25) is 0 Å². The zero-order valence-corrected chi connectivity index (χ0v) is 16.0. The van der Waals surface area contributed by atoms with Crippen molar-refractivity contribution in [1.29, 1.82) is 0 Å². The molecule has 1 saturated carbocycles. The van der Waals surface area contributed by atoms with Crippen molar-refractivity contribution < 1.29 is 24.1 Å². The van der Waals surface area contributed by atoms with E-state index in [1.165, 1.54) is 20.0 Å². The molecule has 1 amide bonds. The van der Waals surface area contributed by atoms with Crippen molar-refractivity contribution in [2.45, 2.75) is 38.7 Å². The van der Waals surface area contributed by atoms with Gasteiger partial charge in [-0.15, -0.1) is 0 Å². The molecule has 1 N–H and O–H groups in total. The van der Waals surface area contributed by atoms with Gasteiger partial charge in [0, 0.05) is 24.4 Å². The molecule has 6 heteroatoms. The predicted octanol–water partition coefficient (Wildman–Crippen LogP) is 3.04. The average molecular weight is 363 g/mol. The van der Waals surface area contributed by atoms with Gasteiger partial charge >= 0.3 is 6.09 Å². The average Bonchev–Trinajstić information content (AvgIpc) is 3.40. The van der Waals surface area contributed by atoms with E-state index >= 15 is 0 Å². The first-order valence-corrected chi connectivity index (χ1v) is 9.20. The Morgan fingerprint density at radius 3 is 2.65 bits per heavy atom. The molecule has 1 aromatic rings. The number of carbonyl (C=O) groups is 1. The Balaban J connectivity index is 1.89. The summed E-state index contributed by atoms with van der Waals surface area (Å²) >= 11 is 0. The van der Waals surface area contributed by atoms with Gasteiger partial charge in [-0.05, 0) is 43.4 Å². The van der Waals surface area contributed by atoms with Crippen LogP contribution in [0.2, 0.25) is 0 Å². The molecular weight excluding hydrogens is 334 g/mol. The molecule has 1 aliphatic carbocycles. The molecule has 0 spiro atoms. The van der Waals surface area contributed by atoms with Crippen LogP contribution in [0.15, 0.2) is 18.2 Å². The van der Waals surface area contributed by atoms with Gasteiger partial charge in [-0.25, -0.2) is 4.79 Å². The summed E-state index contributed by atoms with van der Waals surface area (Å²) in [6, 6.07) is 5.89. The number of carbonyl (C=O) groups excluding carboxylic acids is 1. The summed E-state index contributed by atoms with van der Waals surface area (Å²) < 4.78 is 16.3. The van der Waals surface area contributed by atoms with Gasteiger partial charge in [-0.2, -0.15) is 0 Å². The van der Waals surface area contributed by atoms with E-state index in [1.807, 2.05) is 25.1 Å². The fourth-order valence-corrected chi connectivity index (χ4v) is 3.71. The summed E-state index contributed by atoms with van der Waals surface area (Å²) in [5, 5.41) is 10.4. The van der Waals surface area contributed by atoms with E-state index in [-0.39, 0.29) is 12.0 Å². The highest BCUT2D eigenvalue weighted by Gasteiger charge is 2.48. The Morgan fingerprint density at radius 1 is 1.35 bits per heavy atom. The van der Waals surface area contributed by atoms with E-state index in [0.29, 0.717) is 31.4 Å². The molecule has 6 nitrogen and oxygen atoms in total. The van der Waals surface area contributed by atoms with Crippen molar-refractivity contribution in [3.8, 4) is 11.5 Å². The fourth-order valence-electron chi connectivity index (χ4n) is 3.71. The summed E-state index contributed by atoms with van der Waals surface area (Å²) in [6.45, 7) is 5.45. The van der Waals surface area contributed by atoms with Gasteiger partial charge in [-0.1, -0.05) is 13.0 Å². The lowest BCUT2D eigenvalue weighted by molar-refractivity contribution is 0.0470. The third kappa shape index (κ3) is 3.61. The monoisotopic (exact) mass is 363 g/mol. The Kier molecular flexibility index (Phi) is 5.32. The first-order chi connectivity index (χ1) is 12.4. The number of methoxy groups -OCH3 is 2. The van der Waals surface area contributed by atoms with Gasteiger partial charge in [0.25, 0.3) is 0 Å². The van der Waals surface area contributed by atoms with Crippen LogP contribution in [-0.4, -0.2) is 56.1 Å². The van der Waals surface area contributed by atoms with Gasteiger partial charge in [0.05, 0.1) is 26.9 Å². The van der Waals surface area contributed by atoms with Crippen molar-refractivity contribution in [2.24, 2.45) is 11.3 Å². The minimum absolute atomic E-state index is 0.0178. The van der Waals surface area contributed by atoms with Crippen molar-refractivity contribution in [3.63, 3.8) is 0 Å². The second kappa shape index (κ2) is 7.35. The number of aliphatic hydroxyl groups excluding tert-OH is 1. The molecule has 1 saturated heterocycles.